The van der Waals surface area contributed by atoms with Crippen LogP contribution in [0.15, 0.2) is 9.59 Å². The van der Waals surface area contributed by atoms with Gasteiger partial charge in [-0.2, -0.15) is 0 Å². The number of H-pyrrole nitrogens is 2. The van der Waals surface area contributed by atoms with Crippen LogP contribution in [0.4, 0.5) is 0 Å². The fourth-order valence-corrected chi connectivity index (χ4v) is 1.27. The van der Waals surface area contributed by atoms with Crippen LogP contribution in [0.2, 0.25) is 0 Å². The zero-order valence-corrected chi connectivity index (χ0v) is 6.35. The Hall–Kier alpha value is -1.36. The first-order valence-corrected chi connectivity index (χ1v) is 3.69. The fraction of sp³-hybridized carbons (Fsp3) is 0.429. The summed E-state index contributed by atoms with van der Waals surface area (Å²) in [5, 5.41) is 0. The van der Waals surface area contributed by atoms with Gasteiger partial charge in [-0.25, -0.2) is 4.79 Å². The largest absolute Gasteiger partial charge is 0.376 e. The molecule has 0 atom stereocenters. The molecule has 0 fully saturated rings. The highest BCUT2D eigenvalue weighted by Gasteiger charge is 2.13. The first kappa shape index (κ1) is 7.30. The van der Waals surface area contributed by atoms with Crippen LogP contribution in [0.1, 0.15) is 11.3 Å². The highest BCUT2D eigenvalue weighted by atomic mass is 16.5. The van der Waals surface area contributed by atoms with Gasteiger partial charge >= 0.3 is 5.69 Å². The lowest BCUT2D eigenvalue weighted by atomic mass is 10.1. The summed E-state index contributed by atoms with van der Waals surface area (Å²) < 4.78 is 5.07. The van der Waals surface area contributed by atoms with Gasteiger partial charge in [-0.1, -0.05) is 0 Å². The van der Waals surface area contributed by atoms with E-state index in [2.05, 4.69) is 9.97 Å². The number of hydrogen-bond donors (Lipinski definition) is 2. The van der Waals surface area contributed by atoms with Crippen molar-refractivity contribution in [2.75, 3.05) is 6.61 Å². The molecule has 5 nitrogen and oxygen atoms in total. The maximum atomic E-state index is 11.1. The molecule has 0 spiro atoms. The molecular formula is C7H8N2O3. The fourth-order valence-electron chi connectivity index (χ4n) is 1.27. The topological polar surface area (TPSA) is 75.0 Å². The van der Waals surface area contributed by atoms with E-state index in [-0.39, 0.29) is 5.56 Å². The van der Waals surface area contributed by atoms with Crippen LogP contribution >= 0.6 is 0 Å². The second-order valence-corrected chi connectivity index (χ2v) is 2.67. The monoisotopic (exact) mass is 168 g/mol. The molecule has 5 heteroatoms. The van der Waals surface area contributed by atoms with E-state index in [9.17, 15) is 9.59 Å². The van der Waals surface area contributed by atoms with Gasteiger partial charge in [0.25, 0.3) is 5.56 Å². The summed E-state index contributed by atoms with van der Waals surface area (Å²) in [4.78, 5) is 26.7. The molecule has 0 bridgehead atoms. The minimum atomic E-state index is -0.444. The van der Waals surface area contributed by atoms with E-state index >= 15 is 0 Å². The first-order chi connectivity index (χ1) is 5.77. The highest BCUT2D eigenvalue weighted by Crippen LogP contribution is 2.06. The summed E-state index contributed by atoms with van der Waals surface area (Å²) in [6.45, 7) is 0.855. The second-order valence-electron chi connectivity index (χ2n) is 2.67. The Morgan fingerprint density at radius 1 is 1.25 bits per heavy atom. The first-order valence-electron chi connectivity index (χ1n) is 3.69. The van der Waals surface area contributed by atoms with Gasteiger partial charge in [0.05, 0.1) is 18.8 Å². The van der Waals surface area contributed by atoms with E-state index in [1.807, 2.05) is 0 Å². The lowest BCUT2D eigenvalue weighted by Gasteiger charge is -2.13. The summed E-state index contributed by atoms with van der Waals surface area (Å²) in [5.41, 5.74) is 0.463. The summed E-state index contributed by atoms with van der Waals surface area (Å²) in [6, 6.07) is 0. The Morgan fingerprint density at radius 3 is 2.92 bits per heavy atom. The van der Waals surface area contributed by atoms with Crippen LogP contribution in [0.3, 0.4) is 0 Å². The Labute approximate surface area is 67.4 Å². The average molecular weight is 168 g/mol. The van der Waals surface area contributed by atoms with Crippen molar-refractivity contribution < 1.29 is 4.74 Å². The number of fused-ring (bicyclic) bond motifs is 1. The Morgan fingerprint density at radius 2 is 2.08 bits per heavy atom. The lowest BCUT2D eigenvalue weighted by Crippen LogP contribution is -2.31. The number of aromatic amines is 2. The molecule has 1 aromatic rings. The lowest BCUT2D eigenvalue weighted by molar-refractivity contribution is 0.108. The molecule has 64 valence electrons. The van der Waals surface area contributed by atoms with Crippen LogP contribution in [-0.2, 0) is 17.8 Å². The third-order valence-corrected chi connectivity index (χ3v) is 1.87. The van der Waals surface area contributed by atoms with E-state index in [4.69, 9.17) is 4.74 Å². The van der Waals surface area contributed by atoms with Gasteiger partial charge in [-0.3, -0.25) is 9.78 Å². The smallest absolute Gasteiger partial charge is 0.325 e. The number of ether oxygens (including phenoxy) is 1. The molecule has 0 radical (unpaired) electrons. The molecule has 0 aliphatic carbocycles. The number of nitrogens with one attached hydrogen (secondary N) is 2. The van der Waals surface area contributed by atoms with Crippen LogP contribution in [0.5, 0.6) is 0 Å². The predicted octanol–water partition coefficient (Wildman–Crippen LogP) is -0.864. The van der Waals surface area contributed by atoms with Crippen LogP contribution in [-0.4, -0.2) is 16.6 Å². The van der Waals surface area contributed by atoms with Crippen molar-refractivity contribution in [1.29, 1.82) is 0 Å². The van der Waals surface area contributed by atoms with Gasteiger partial charge in [0.1, 0.15) is 0 Å². The molecule has 1 aromatic heterocycles. The molecule has 0 saturated heterocycles. The van der Waals surface area contributed by atoms with Crippen LogP contribution in [0.25, 0.3) is 0 Å². The molecule has 1 aliphatic heterocycles. The maximum Gasteiger partial charge on any atom is 0.325 e. The molecule has 2 N–H and O–H groups in total. The van der Waals surface area contributed by atoms with Crippen molar-refractivity contribution in [3.63, 3.8) is 0 Å². The minimum absolute atomic E-state index is 0.293. The SMILES string of the molecule is O=c1[nH]c2c(c(=O)[nH]1)COCC2. The summed E-state index contributed by atoms with van der Waals surface area (Å²) in [6.07, 6.45) is 0.606. The van der Waals surface area contributed by atoms with E-state index in [1.54, 1.807) is 0 Å². The number of hydrogen-bond acceptors (Lipinski definition) is 3. The minimum Gasteiger partial charge on any atom is -0.376 e. The average Bonchev–Trinajstić information content (AvgIpc) is 2.04. The molecular weight excluding hydrogens is 160 g/mol. The van der Waals surface area contributed by atoms with Crippen LogP contribution < -0.4 is 11.2 Å². The zero-order valence-electron chi connectivity index (χ0n) is 6.35. The van der Waals surface area contributed by atoms with Gasteiger partial charge in [0.2, 0.25) is 0 Å². The third-order valence-electron chi connectivity index (χ3n) is 1.87. The molecule has 12 heavy (non-hydrogen) atoms. The van der Waals surface area contributed by atoms with Crippen molar-refractivity contribution in [3.05, 3.63) is 32.1 Å². The summed E-state index contributed by atoms with van der Waals surface area (Å²) in [5.74, 6) is 0. The van der Waals surface area contributed by atoms with Gasteiger partial charge in [0, 0.05) is 12.1 Å². The molecule has 0 aromatic carbocycles. The van der Waals surface area contributed by atoms with Gasteiger partial charge in [-0.05, 0) is 0 Å². The highest BCUT2D eigenvalue weighted by molar-refractivity contribution is 5.16. The quantitative estimate of drug-likeness (QED) is 0.529. The second kappa shape index (κ2) is 2.60. The third kappa shape index (κ3) is 1.08. The molecule has 1 aliphatic rings. The molecule has 2 heterocycles. The summed E-state index contributed by atoms with van der Waals surface area (Å²) in [7, 11) is 0. The number of rotatable bonds is 0. The molecule has 0 amide bonds. The zero-order chi connectivity index (χ0) is 8.55. The van der Waals surface area contributed by atoms with Gasteiger partial charge in [-0.15, -0.1) is 0 Å². The molecule has 0 saturated carbocycles. The predicted molar refractivity (Wildman–Crippen MR) is 41.0 cm³/mol. The van der Waals surface area contributed by atoms with E-state index in [0.717, 1.165) is 0 Å². The normalized spacial score (nSPS) is 15.7. The van der Waals surface area contributed by atoms with Crippen molar-refractivity contribution in [2.24, 2.45) is 0 Å². The van der Waals surface area contributed by atoms with Crippen molar-refractivity contribution >= 4 is 0 Å². The van der Waals surface area contributed by atoms with E-state index in [0.29, 0.717) is 30.9 Å². The van der Waals surface area contributed by atoms with Gasteiger partial charge < -0.3 is 9.72 Å². The summed E-state index contributed by atoms with van der Waals surface area (Å²) >= 11 is 0. The van der Waals surface area contributed by atoms with Crippen LogP contribution in [0, 0.1) is 0 Å². The molecule has 0 unspecified atom stereocenters. The Kier molecular flexibility index (Phi) is 1.58. The Bertz CT molecular complexity index is 404. The molecule has 2 rings (SSSR count). The van der Waals surface area contributed by atoms with Crippen molar-refractivity contribution in [3.8, 4) is 0 Å². The van der Waals surface area contributed by atoms with Crippen molar-refractivity contribution in [1.82, 2.24) is 9.97 Å². The van der Waals surface area contributed by atoms with Gasteiger partial charge in [0.15, 0.2) is 0 Å². The van der Waals surface area contributed by atoms with E-state index in [1.165, 1.54) is 0 Å². The van der Waals surface area contributed by atoms with E-state index < -0.39 is 5.69 Å². The van der Waals surface area contributed by atoms with Crippen molar-refractivity contribution in [2.45, 2.75) is 13.0 Å². The standard InChI is InChI=1S/C7H8N2O3/c10-6-4-3-12-2-1-5(4)8-7(11)9-6/h1-3H2,(H2,8,9,10,11). The Balaban J connectivity index is 2.68. The number of aromatic nitrogens is 2. The maximum absolute atomic E-state index is 11.1.